The van der Waals surface area contributed by atoms with E-state index < -0.39 is 62.7 Å². The predicted octanol–water partition coefficient (Wildman–Crippen LogP) is 8.24. The van der Waals surface area contributed by atoms with E-state index in [0.717, 1.165) is 24.3 Å². The maximum Gasteiger partial charge on any atom is 0.417 e. The summed E-state index contributed by atoms with van der Waals surface area (Å²) in [5.74, 6) is -5.06. The van der Waals surface area contributed by atoms with Gasteiger partial charge < -0.3 is 5.32 Å². The van der Waals surface area contributed by atoms with Gasteiger partial charge in [0.2, 0.25) is 5.91 Å². The summed E-state index contributed by atoms with van der Waals surface area (Å²) in [5, 5.41) is 2.05. The second kappa shape index (κ2) is 10.1. The number of amides is 1. The highest BCUT2D eigenvalue weighted by Crippen LogP contribution is 2.65. The van der Waals surface area contributed by atoms with E-state index in [4.69, 9.17) is 46.4 Å². The molecule has 3 aromatic carbocycles. The standard InChI is InChI=1S/C25H14Cl4F5NO2/c26-17-6-4-14(10-15(17)20(36)8-11-1-3-13(30)9-19(11)31)35-23(37)22-21(24(22,28)29)12-2-5-18(27)16(7-12)25(32,33)34/h1-7,9-10,21-22H,8H2,(H,35,37). The van der Waals surface area contributed by atoms with Crippen LogP contribution in [-0.4, -0.2) is 16.0 Å². The van der Waals surface area contributed by atoms with E-state index in [1.807, 2.05) is 0 Å². The molecule has 4 rings (SSSR count). The Labute approximate surface area is 227 Å². The van der Waals surface area contributed by atoms with Crippen LogP contribution in [0.3, 0.4) is 0 Å². The summed E-state index contributed by atoms with van der Waals surface area (Å²) >= 11 is 24.3. The van der Waals surface area contributed by atoms with Crippen molar-refractivity contribution in [3.63, 3.8) is 0 Å². The van der Waals surface area contributed by atoms with Crippen molar-refractivity contribution in [2.45, 2.75) is 22.8 Å². The van der Waals surface area contributed by atoms with Gasteiger partial charge in [-0.15, -0.1) is 23.2 Å². The number of halogens is 9. The van der Waals surface area contributed by atoms with E-state index in [1.165, 1.54) is 24.3 Å². The van der Waals surface area contributed by atoms with Crippen LogP contribution >= 0.6 is 46.4 Å². The van der Waals surface area contributed by atoms with Crippen molar-refractivity contribution in [2.24, 2.45) is 5.92 Å². The summed E-state index contributed by atoms with van der Waals surface area (Å²) in [4.78, 5) is 25.7. The number of Topliss-reactive ketones (excluding diaryl/α,β-unsaturated/α-hetero) is 1. The van der Waals surface area contributed by atoms with Gasteiger partial charge in [0.05, 0.1) is 21.5 Å². The number of hydrogen-bond donors (Lipinski definition) is 1. The maximum atomic E-state index is 14.0. The van der Waals surface area contributed by atoms with Gasteiger partial charge in [-0.3, -0.25) is 9.59 Å². The molecule has 1 aliphatic rings. The Morgan fingerprint density at radius 2 is 1.59 bits per heavy atom. The van der Waals surface area contributed by atoms with Crippen molar-refractivity contribution in [3.8, 4) is 0 Å². The van der Waals surface area contributed by atoms with Gasteiger partial charge in [0.25, 0.3) is 0 Å². The zero-order valence-electron chi connectivity index (χ0n) is 18.3. The lowest BCUT2D eigenvalue weighted by atomic mass is 10.0. The molecule has 1 N–H and O–H groups in total. The SMILES string of the molecule is O=C(Cc1ccc(F)cc1F)c1cc(NC(=O)C2C(c3ccc(Cl)c(C(F)(F)F)c3)C2(Cl)Cl)ccc1Cl. The fraction of sp³-hybridized carbons (Fsp3) is 0.200. The molecule has 1 aliphatic carbocycles. The van der Waals surface area contributed by atoms with Crippen molar-refractivity contribution >= 4 is 63.8 Å². The third-order valence-electron chi connectivity index (χ3n) is 5.89. The fourth-order valence-corrected chi connectivity index (χ4v) is 5.27. The normalized spacial score (nSPS) is 18.4. The summed E-state index contributed by atoms with van der Waals surface area (Å²) in [6, 6.07) is 9.94. The number of carbonyl (C=O) groups is 2. The molecule has 3 aromatic rings. The van der Waals surface area contributed by atoms with E-state index in [2.05, 4.69) is 5.32 Å². The Morgan fingerprint density at radius 1 is 0.919 bits per heavy atom. The van der Waals surface area contributed by atoms with E-state index in [0.29, 0.717) is 6.07 Å². The number of nitrogens with one attached hydrogen (secondary N) is 1. The van der Waals surface area contributed by atoms with Crippen molar-refractivity contribution in [1.82, 2.24) is 0 Å². The van der Waals surface area contributed by atoms with Crippen LogP contribution in [0.25, 0.3) is 0 Å². The number of alkyl halides is 5. The highest BCUT2D eigenvalue weighted by molar-refractivity contribution is 6.53. The molecular formula is C25H14Cl4F5NO2. The summed E-state index contributed by atoms with van der Waals surface area (Å²) in [7, 11) is 0. The van der Waals surface area contributed by atoms with E-state index in [-0.39, 0.29) is 27.4 Å². The predicted molar refractivity (Wildman–Crippen MR) is 132 cm³/mol. The van der Waals surface area contributed by atoms with Gasteiger partial charge in [0.15, 0.2) is 5.78 Å². The van der Waals surface area contributed by atoms with Crippen LogP contribution in [0.15, 0.2) is 54.6 Å². The minimum Gasteiger partial charge on any atom is -0.326 e. The largest absolute Gasteiger partial charge is 0.417 e. The molecule has 0 radical (unpaired) electrons. The summed E-state index contributed by atoms with van der Waals surface area (Å²) < 4.78 is 65.2. The first-order valence-corrected chi connectivity index (χ1v) is 12.0. The number of ketones is 1. The molecule has 0 aromatic heterocycles. The molecule has 0 saturated heterocycles. The van der Waals surface area contributed by atoms with Crippen LogP contribution in [-0.2, 0) is 17.4 Å². The third-order valence-corrected chi connectivity index (χ3v) is 7.49. The summed E-state index contributed by atoms with van der Waals surface area (Å²) in [5.41, 5.74) is -0.964. The Morgan fingerprint density at radius 3 is 2.24 bits per heavy atom. The van der Waals surface area contributed by atoms with Crippen LogP contribution in [0, 0.1) is 17.6 Å². The van der Waals surface area contributed by atoms with Crippen molar-refractivity contribution in [3.05, 3.63) is 98.5 Å². The third kappa shape index (κ3) is 5.72. The van der Waals surface area contributed by atoms with Crippen molar-refractivity contribution in [1.29, 1.82) is 0 Å². The smallest absolute Gasteiger partial charge is 0.326 e. The molecule has 2 atom stereocenters. The Kier molecular flexibility index (Phi) is 7.51. The van der Waals surface area contributed by atoms with E-state index in [9.17, 15) is 31.5 Å². The first kappa shape index (κ1) is 27.6. The molecule has 2 unspecified atom stereocenters. The van der Waals surface area contributed by atoms with E-state index >= 15 is 0 Å². The van der Waals surface area contributed by atoms with Gasteiger partial charge >= 0.3 is 6.18 Å². The van der Waals surface area contributed by atoms with Crippen LogP contribution in [0.4, 0.5) is 27.6 Å². The minimum atomic E-state index is -4.72. The topological polar surface area (TPSA) is 46.2 Å². The lowest BCUT2D eigenvalue weighted by Gasteiger charge is -2.11. The van der Waals surface area contributed by atoms with Gasteiger partial charge in [-0.1, -0.05) is 35.3 Å². The molecule has 0 aliphatic heterocycles. The van der Waals surface area contributed by atoms with Gasteiger partial charge in [0.1, 0.15) is 16.0 Å². The zero-order valence-corrected chi connectivity index (χ0v) is 21.3. The highest BCUT2D eigenvalue weighted by Gasteiger charge is 2.67. The van der Waals surface area contributed by atoms with E-state index in [1.54, 1.807) is 0 Å². The molecule has 1 fully saturated rings. The molecule has 12 heteroatoms. The lowest BCUT2D eigenvalue weighted by Crippen LogP contribution is -2.17. The molecule has 3 nitrogen and oxygen atoms in total. The van der Waals surface area contributed by atoms with Crippen LogP contribution in [0.2, 0.25) is 10.0 Å². The molecule has 1 amide bonds. The Hall–Kier alpha value is -2.39. The first-order chi connectivity index (χ1) is 17.2. The monoisotopic (exact) mass is 595 g/mol. The number of hydrogen-bond acceptors (Lipinski definition) is 2. The van der Waals surface area contributed by atoms with Gasteiger partial charge in [-0.05, 0) is 47.5 Å². The molecule has 194 valence electrons. The highest BCUT2D eigenvalue weighted by atomic mass is 35.5. The Balaban J connectivity index is 1.53. The first-order valence-electron chi connectivity index (χ1n) is 10.5. The number of rotatable bonds is 6. The average Bonchev–Trinajstić information content (AvgIpc) is 3.38. The van der Waals surface area contributed by atoms with Gasteiger partial charge in [-0.2, -0.15) is 13.2 Å². The maximum absolute atomic E-state index is 14.0. The van der Waals surface area contributed by atoms with Crippen molar-refractivity contribution < 1.29 is 31.5 Å². The van der Waals surface area contributed by atoms with Crippen molar-refractivity contribution in [2.75, 3.05) is 5.32 Å². The van der Waals surface area contributed by atoms with Crippen LogP contribution < -0.4 is 5.32 Å². The van der Waals surface area contributed by atoms with Crippen LogP contribution in [0.5, 0.6) is 0 Å². The molecule has 0 spiro atoms. The Bertz CT molecular complexity index is 1410. The lowest BCUT2D eigenvalue weighted by molar-refractivity contribution is -0.137. The second-order valence-electron chi connectivity index (χ2n) is 8.39. The van der Waals surface area contributed by atoms with Gasteiger partial charge in [-0.25, -0.2) is 8.78 Å². The molecule has 37 heavy (non-hydrogen) atoms. The zero-order chi connectivity index (χ0) is 27.3. The molecule has 1 saturated carbocycles. The number of anilines is 1. The molecular weight excluding hydrogens is 583 g/mol. The van der Waals surface area contributed by atoms with Crippen LogP contribution in [0.1, 0.15) is 33.0 Å². The quantitative estimate of drug-likeness (QED) is 0.177. The average molecular weight is 597 g/mol. The second-order valence-corrected chi connectivity index (χ2v) is 10.6. The van der Waals surface area contributed by atoms with Gasteiger partial charge in [0, 0.05) is 29.7 Å². The summed E-state index contributed by atoms with van der Waals surface area (Å²) in [6.45, 7) is 0. The fourth-order valence-electron chi connectivity index (χ4n) is 3.99. The number of benzene rings is 3. The summed E-state index contributed by atoms with van der Waals surface area (Å²) in [6.07, 6.45) is -5.14. The molecule has 0 heterocycles. The minimum absolute atomic E-state index is 0.0275. The molecule has 0 bridgehead atoms. The number of carbonyl (C=O) groups excluding carboxylic acids is 2.